The number of nitrogens with zero attached hydrogens (tertiary/aromatic N) is 1. The van der Waals surface area contributed by atoms with Gasteiger partial charge in [-0.2, -0.15) is 0 Å². The van der Waals surface area contributed by atoms with Crippen LogP contribution in [-0.2, 0) is 15.1 Å². The van der Waals surface area contributed by atoms with Crippen LogP contribution in [0, 0.1) is 17.8 Å². The summed E-state index contributed by atoms with van der Waals surface area (Å²) in [4.78, 5) is 15.3. The Hall–Kier alpha value is -1.54. The van der Waals surface area contributed by atoms with E-state index in [2.05, 4.69) is 30.6 Å². The number of aliphatic hydroxyl groups is 1. The molecule has 1 atom stereocenters. The molecule has 0 aromatic heterocycles. The Morgan fingerprint density at radius 3 is 2.29 bits per heavy atom. The topological polar surface area (TPSA) is 49.8 Å². The number of ether oxygens (including phenoxy) is 1. The molecule has 1 aliphatic carbocycles. The SMILES string of the molecule is CCN(CC)CC#CC(C)(C)OC(=O)C(O)(c1ccccc1)C1CCCC1.Cl. The van der Waals surface area contributed by atoms with Gasteiger partial charge in [0.05, 0.1) is 6.54 Å². The third-order valence-electron chi connectivity index (χ3n) is 5.41. The summed E-state index contributed by atoms with van der Waals surface area (Å²) in [6.07, 6.45) is 3.71. The van der Waals surface area contributed by atoms with E-state index >= 15 is 0 Å². The fraction of sp³-hybridized carbons (Fsp3) is 0.609. The van der Waals surface area contributed by atoms with Crippen LogP contribution in [0.1, 0.15) is 58.9 Å². The van der Waals surface area contributed by atoms with Crippen LogP contribution in [0.25, 0.3) is 0 Å². The standard InChI is InChI=1S/C23H33NO3.ClH/c1-5-24(6-2)18-12-17-22(3,4)27-21(25)23(26,20-15-10-11-16-20)19-13-8-7-9-14-19;/h7-9,13-14,20,26H,5-6,10-11,15-16,18H2,1-4H3;1H. The van der Waals surface area contributed by atoms with E-state index in [1.54, 1.807) is 26.0 Å². The lowest BCUT2D eigenvalue weighted by atomic mass is 9.80. The van der Waals surface area contributed by atoms with Crippen molar-refractivity contribution in [2.24, 2.45) is 5.92 Å². The van der Waals surface area contributed by atoms with E-state index in [1.807, 2.05) is 18.2 Å². The second kappa shape index (κ2) is 10.9. The first kappa shape index (κ1) is 24.5. The van der Waals surface area contributed by atoms with Gasteiger partial charge < -0.3 is 9.84 Å². The minimum Gasteiger partial charge on any atom is -0.444 e. The molecule has 1 aromatic rings. The van der Waals surface area contributed by atoms with Crippen molar-refractivity contribution in [1.82, 2.24) is 4.90 Å². The summed E-state index contributed by atoms with van der Waals surface area (Å²) in [5.74, 6) is 5.45. The van der Waals surface area contributed by atoms with E-state index in [9.17, 15) is 9.90 Å². The summed E-state index contributed by atoms with van der Waals surface area (Å²) in [7, 11) is 0. The molecule has 1 aliphatic rings. The normalized spacial score (nSPS) is 16.6. The number of benzene rings is 1. The zero-order valence-electron chi connectivity index (χ0n) is 17.5. The number of carbonyl (C=O) groups is 1. The number of carbonyl (C=O) groups excluding carboxylic acids is 1. The maximum absolute atomic E-state index is 13.1. The average Bonchev–Trinajstić information content (AvgIpc) is 3.20. The molecule has 1 unspecified atom stereocenters. The van der Waals surface area contributed by atoms with Gasteiger partial charge in [-0.15, -0.1) is 12.4 Å². The molecule has 0 aliphatic heterocycles. The third-order valence-corrected chi connectivity index (χ3v) is 5.41. The molecule has 0 spiro atoms. The van der Waals surface area contributed by atoms with E-state index < -0.39 is 17.2 Å². The zero-order chi connectivity index (χ0) is 19.9. The Morgan fingerprint density at radius 1 is 1.18 bits per heavy atom. The average molecular weight is 408 g/mol. The number of hydrogen-bond donors (Lipinski definition) is 1. The largest absolute Gasteiger partial charge is 0.444 e. The van der Waals surface area contributed by atoms with E-state index in [1.165, 1.54) is 0 Å². The lowest BCUT2D eigenvalue weighted by Gasteiger charge is -2.34. The first-order valence-electron chi connectivity index (χ1n) is 10.1. The van der Waals surface area contributed by atoms with E-state index in [-0.39, 0.29) is 18.3 Å². The van der Waals surface area contributed by atoms with Gasteiger partial charge in [0.25, 0.3) is 0 Å². The van der Waals surface area contributed by atoms with Crippen molar-refractivity contribution in [3.63, 3.8) is 0 Å². The van der Waals surface area contributed by atoms with E-state index in [0.29, 0.717) is 12.1 Å². The zero-order valence-corrected chi connectivity index (χ0v) is 18.3. The summed E-state index contributed by atoms with van der Waals surface area (Å²) >= 11 is 0. The number of rotatable bonds is 7. The van der Waals surface area contributed by atoms with Gasteiger partial charge >= 0.3 is 5.97 Å². The molecule has 1 saturated carbocycles. The van der Waals surface area contributed by atoms with E-state index in [0.717, 1.165) is 38.8 Å². The second-order valence-corrected chi connectivity index (χ2v) is 7.78. The molecule has 0 amide bonds. The van der Waals surface area contributed by atoms with Crippen LogP contribution < -0.4 is 0 Å². The number of halogens is 1. The van der Waals surface area contributed by atoms with Gasteiger partial charge in [0.15, 0.2) is 11.2 Å². The predicted molar refractivity (Wildman–Crippen MR) is 115 cm³/mol. The molecule has 5 heteroatoms. The summed E-state index contributed by atoms with van der Waals surface area (Å²) < 4.78 is 5.74. The molecule has 0 heterocycles. The molecule has 0 saturated heterocycles. The van der Waals surface area contributed by atoms with Gasteiger partial charge in [-0.1, -0.05) is 68.9 Å². The third kappa shape index (κ3) is 5.98. The van der Waals surface area contributed by atoms with Crippen LogP contribution in [0.15, 0.2) is 30.3 Å². The van der Waals surface area contributed by atoms with Crippen molar-refractivity contribution in [3.8, 4) is 11.8 Å². The van der Waals surface area contributed by atoms with Gasteiger partial charge in [0, 0.05) is 5.92 Å². The van der Waals surface area contributed by atoms with Gasteiger partial charge in [0.2, 0.25) is 0 Å². The van der Waals surface area contributed by atoms with Gasteiger partial charge in [0.1, 0.15) is 0 Å². The van der Waals surface area contributed by atoms with Crippen molar-refractivity contribution >= 4 is 18.4 Å². The fourth-order valence-corrected chi connectivity index (χ4v) is 3.70. The highest BCUT2D eigenvalue weighted by Gasteiger charge is 2.49. The molecule has 1 aromatic carbocycles. The smallest absolute Gasteiger partial charge is 0.344 e. The van der Waals surface area contributed by atoms with Gasteiger partial charge in [-0.3, -0.25) is 4.90 Å². The highest BCUT2D eigenvalue weighted by molar-refractivity contribution is 5.85. The molecule has 1 N–H and O–H groups in total. The quantitative estimate of drug-likeness (QED) is 0.544. The van der Waals surface area contributed by atoms with Gasteiger partial charge in [-0.25, -0.2) is 4.79 Å². The fourth-order valence-electron chi connectivity index (χ4n) is 3.70. The lowest BCUT2D eigenvalue weighted by molar-refractivity contribution is -0.182. The van der Waals surface area contributed by atoms with Crippen LogP contribution >= 0.6 is 12.4 Å². The summed E-state index contributed by atoms with van der Waals surface area (Å²) in [5.41, 5.74) is -1.96. The van der Waals surface area contributed by atoms with Crippen LogP contribution in [0.3, 0.4) is 0 Å². The molecule has 4 nitrogen and oxygen atoms in total. The Kier molecular flexibility index (Phi) is 9.50. The van der Waals surface area contributed by atoms with Crippen molar-refractivity contribution in [3.05, 3.63) is 35.9 Å². The molecule has 2 rings (SSSR count). The predicted octanol–water partition coefficient (Wildman–Crippen LogP) is 4.15. The maximum atomic E-state index is 13.1. The molecule has 0 radical (unpaired) electrons. The molecule has 28 heavy (non-hydrogen) atoms. The Bertz CT molecular complexity index is 670. The maximum Gasteiger partial charge on any atom is 0.344 e. The van der Waals surface area contributed by atoms with Crippen LogP contribution in [0.4, 0.5) is 0 Å². The summed E-state index contributed by atoms with van der Waals surface area (Å²) in [6, 6.07) is 9.18. The minimum absolute atomic E-state index is 0. The minimum atomic E-state index is -1.62. The van der Waals surface area contributed by atoms with Crippen molar-refractivity contribution < 1.29 is 14.6 Å². The van der Waals surface area contributed by atoms with Crippen LogP contribution in [-0.4, -0.2) is 41.2 Å². The van der Waals surface area contributed by atoms with Gasteiger partial charge in [-0.05, 0) is 45.3 Å². The van der Waals surface area contributed by atoms with E-state index in [4.69, 9.17) is 4.74 Å². The molecule has 0 bridgehead atoms. The Labute approximate surface area is 176 Å². The van der Waals surface area contributed by atoms with Crippen molar-refractivity contribution in [2.45, 2.75) is 64.6 Å². The molecular weight excluding hydrogens is 374 g/mol. The molecular formula is C23H34ClNO3. The highest BCUT2D eigenvalue weighted by atomic mass is 35.5. The Morgan fingerprint density at radius 2 is 1.75 bits per heavy atom. The highest BCUT2D eigenvalue weighted by Crippen LogP contribution is 2.42. The molecule has 156 valence electrons. The van der Waals surface area contributed by atoms with Crippen LogP contribution in [0.5, 0.6) is 0 Å². The second-order valence-electron chi connectivity index (χ2n) is 7.78. The van der Waals surface area contributed by atoms with Crippen molar-refractivity contribution in [2.75, 3.05) is 19.6 Å². The van der Waals surface area contributed by atoms with Crippen molar-refractivity contribution in [1.29, 1.82) is 0 Å². The Balaban J connectivity index is 0.00000392. The lowest BCUT2D eigenvalue weighted by Crippen LogP contribution is -2.46. The number of esters is 1. The molecule has 1 fully saturated rings. The summed E-state index contributed by atoms with van der Waals surface area (Å²) in [5, 5.41) is 11.5. The monoisotopic (exact) mass is 407 g/mol. The van der Waals surface area contributed by atoms with Crippen LogP contribution in [0.2, 0.25) is 0 Å². The first-order chi connectivity index (χ1) is 12.8. The first-order valence-corrected chi connectivity index (χ1v) is 10.1. The summed E-state index contributed by atoms with van der Waals surface area (Å²) in [6.45, 7) is 10.2. The number of hydrogen-bond acceptors (Lipinski definition) is 4.